The van der Waals surface area contributed by atoms with Crippen LogP contribution in [0.5, 0.6) is 0 Å². The van der Waals surface area contributed by atoms with Crippen LogP contribution in [0, 0.1) is 0 Å². The van der Waals surface area contributed by atoms with Crippen LogP contribution in [0.15, 0.2) is 0 Å². The third-order valence-corrected chi connectivity index (χ3v) is 4.62. The second kappa shape index (κ2) is 6.33. The van der Waals surface area contributed by atoms with E-state index < -0.39 is 15.8 Å². The van der Waals surface area contributed by atoms with Gasteiger partial charge in [-0.15, -0.1) is 0 Å². The lowest BCUT2D eigenvalue weighted by molar-refractivity contribution is 0.0700. The van der Waals surface area contributed by atoms with Crippen LogP contribution in [0.25, 0.3) is 0 Å². The van der Waals surface area contributed by atoms with Gasteiger partial charge in [0.1, 0.15) is 14.7 Å². The molecular weight excluding hydrogens is 288 g/mol. The predicted molar refractivity (Wildman–Crippen MR) is 76.0 cm³/mol. The summed E-state index contributed by atoms with van der Waals surface area (Å²) >= 11 is 1.09. The number of aromatic carboxylic acids is 1. The number of sulfone groups is 1. The highest BCUT2D eigenvalue weighted by Crippen LogP contribution is 2.26. The van der Waals surface area contributed by atoms with Gasteiger partial charge in [-0.2, -0.15) is 0 Å². The molecule has 0 saturated heterocycles. The van der Waals surface area contributed by atoms with E-state index in [1.807, 2.05) is 6.92 Å². The van der Waals surface area contributed by atoms with E-state index in [0.29, 0.717) is 23.8 Å². The van der Waals surface area contributed by atoms with Gasteiger partial charge in [-0.3, -0.25) is 0 Å². The number of aryl methyl sites for hydroxylation is 1. The first kappa shape index (κ1) is 15.9. The molecule has 0 bridgehead atoms. The van der Waals surface area contributed by atoms with E-state index in [4.69, 9.17) is 5.11 Å². The average Bonchev–Trinajstić information content (AvgIpc) is 2.69. The van der Waals surface area contributed by atoms with E-state index >= 15 is 0 Å². The Morgan fingerprint density at radius 2 is 2.11 bits per heavy atom. The maximum atomic E-state index is 11.1. The minimum absolute atomic E-state index is 0.0224. The van der Waals surface area contributed by atoms with Crippen molar-refractivity contribution in [3.05, 3.63) is 10.6 Å². The fraction of sp³-hybridized carbons (Fsp3) is 0.636. The number of hydrogen-bond donors (Lipinski definition) is 1. The highest BCUT2D eigenvalue weighted by Gasteiger charge is 2.19. The lowest BCUT2D eigenvalue weighted by Gasteiger charge is -2.14. The lowest BCUT2D eigenvalue weighted by atomic mass is 10.2. The van der Waals surface area contributed by atoms with Gasteiger partial charge in [0.05, 0.1) is 11.4 Å². The molecule has 1 rings (SSSR count). The highest BCUT2D eigenvalue weighted by molar-refractivity contribution is 7.90. The van der Waals surface area contributed by atoms with Crippen molar-refractivity contribution in [3.8, 4) is 0 Å². The molecule has 1 aromatic heterocycles. The standard InChI is InChI=1S/C11H18N2O4S2/c1-4-5-8-9(10(14)15)18-11(12-8)13(2)6-7-19(3,16)17/h4-7H2,1-3H3,(H,14,15). The fourth-order valence-electron chi connectivity index (χ4n) is 1.47. The SMILES string of the molecule is CCCc1nc(N(C)CCS(C)(=O)=O)sc1C(=O)O. The van der Waals surface area contributed by atoms with Crippen molar-refractivity contribution in [2.24, 2.45) is 0 Å². The summed E-state index contributed by atoms with van der Waals surface area (Å²) in [5, 5.41) is 9.65. The zero-order valence-electron chi connectivity index (χ0n) is 11.2. The molecule has 1 aromatic rings. The molecule has 0 aliphatic heterocycles. The number of carbonyl (C=O) groups is 1. The Labute approximate surface area is 117 Å². The van der Waals surface area contributed by atoms with Crippen molar-refractivity contribution < 1.29 is 18.3 Å². The molecule has 0 unspecified atom stereocenters. The van der Waals surface area contributed by atoms with Crippen molar-refractivity contribution in [1.29, 1.82) is 0 Å². The van der Waals surface area contributed by atoms with Crippen LogP contribution in [0.2, 0.25) is 0 Å². The molecule has 0 saturated carbocycles. The van der Waals surface area contributed by atoms with Gasteiger partial charge >= 0.3 is 5.97 Å². The summed E-state index contributed by atoms with van der Waals surface area (Å²) in [6.45, 7) is 2.26. The molecule has 8 heteroatoms. The zero-order chi connectivity index (χ0) is 14.6. The molecule has 0 radical (unpaired) electrons. The lowest BCUT2D eigenvalue weighted by Crippen LogP contribution is -2.24. The molecule has 0 atom stereocenters. The van der Waals surface area contributed by atoms with Gasteiger partial charge in [-0.05, 0) is 6.42 Å². The van der Waals surface area contributed by atoms with Crippen LogP contribution in [0.1, 0.15) is 28.7 Å². The molecule has 0 fully saturated rings. The predicted octanol–water partition coefficient (Wildman–Crippen LogP) is 1.27. The van der Waals surface area contributed by atoms with Crippen molar-refractivity contribution in [2.75, 3.05) is 30.5 Å². The smallest absolute Gasteiger partial charge is 0.347 e. The number of aromatic nitrogens is 1. The summed E-state index contributed by atoms with van der Waals surface area (Å²) in [6, 6.07) is 0. The average molecular weight is 306 g/mol. The Kier molecular flexibility index (Phi) is 5.30. The minimum atomic E-state index is -3.04. The second-order valence-electron chi connectivity index (χ2n) is 4.38. The van der Waals surface area contributed by atoms with Gasteiger partial charge < -0.3 is 10.0 Å². The van der Waals surface area contributed by atoms with Gasteiger partial charge in [0.25, 0.3) is 0 Å². The Hall–Kier alpha value is -1.15. The highest BCUT2D eigenvalue weighted by atomic mass is 32.2. The van der Waals surface area contributed by atoms with Gasteiger partial charge in [0, 0.05) is 19.8 Å². The van der Waals surface area contributed by atoms with Crippen LogP contribution in [-0.2, 0) is 16.3 Å². The Morgan fingerprint density at radius 3 is 2.58 bits per heavy atom. The van der Waals surface area contributed by atoms with E-state index in [-0.39, 0.29) is 10.6 Å². The van der Waals surface area contributed by atoms with Crippen LogP contribution in [0.3, 0.4) is 0 Å². The Morgan fingerprint density at radius 1 is 1.47 bits per heavy atom. The molecule has 19 heavy (non-hydrogen) atoms. The third-order valence-electron chi connectivity index (χ3n) is 2.49. The largest absolute Gasteiger partial charge is 0.477 e. The minimum Gasteiger partial charge on any atom is -0.477 e. The van der Waals surface area contributed by atoms with E-state index in [9.17, 15) is 13.2 Å². The molecule has 0 aliphatic carbocycles. The summed E-state index contributed by atoms with van der Waals surface area (Å²) < 4.78 is 22.2. The van der Waals surface area contributed by atoms with Crippen LogP contribution in [0.4, 0.5) is 5.13 Å². The monoisotopic (exact) mass is 306 g/mol. The van der Waals surface area contributed by atoms with E-state index in [1.165, 1.54) is 6.26 Å². The van der Waals surface area contributed by atoms with Crippen molar-refractivity contribution in [2.45, 2.75) is 19.8 Å². The normalized spacial score (nSPS) is 11.5. The topological polar surface area (TPSA) is 87.6 Å². The van der Waals surface area contributed by atoms with Crippen molar-refractivity contribution in [3.63, 3.8) is 0 Å². The van der Waals surface area contributed by atoms with Gasteiger partial charge in [0.2, 0.25) is 0 Å². The van der Waals surface area contributed by atoms with Crippen LogP contribution < -0.4 is 4.90 Å². The molecular formula is C11H18N2O4S2. The number of anilines is 1. The fourth-order valence-corrected chi connectivity index (χ4v) is 3.02. The summed E-state index contributed by atoms with van der Waals surface area (Å²) in [6.07, 6.45) is 2.60. The quantitative estimate of drug-likeness (QED) is 0.816. The van der Waals surface area contributed by atoms with Crippen molar-refractivity contribution in [1.82, 2.24) is 4.98 Å². The van der Waals surface area contributed by atoms with Crippen molar-refractivity contribution >= 4 is 32.3 Å². The summed E-state index contributed by atoms with van der Waals surface area (Å²) in [4.78, 5) is 17.3. The second-order valence-corrected chi connectivity index (χ2v) is 7.62. The Balaban J connectivity index is 2.88. The van der Waals surface area contributed by atoms with E-state index in [0.717, 1.165) is 17.8 Å². The zero-order valence-corrected chi connectivity index (χ0v) is 12.8. The van der Waals surface area contributed by atoms with Gasteiger partial charge in [-0.25, -0.2) is 18.2 Å². The number of carboxylic acid groups (broad SMARTS) is 1. The number of nitrogens with zero attached hydrogens (tertiary/aromatic N) is 2. The van der Waals surface area contributed by atoms with Gasteiger partial charge in [0.15, 0.2) is 5.13 Å². The first-order valence-corrected chi connectivity index (χ1v) is 8.74. The first-order chi connectivity index (χ1) is 8.74. The molecule has 0 amide bonds. The third kappa shape index (κ3) is 4.79. The van der Waals surface area contributed by atoms with E-state index in [2.05, 4.69) is 4.98 Å². The molecule has 1 N–H and O–H groups in total. The van der Waals surface area contributed by atoms with Gasteiger partial charge in [-0.1, -0.05) is 24.7 Å². The maximum absolute atomic E-state index is 11.1. The summed E-state index contributed by atoms with van der Waals surface area (Å²) in [5.74, 6) is -0.960. The molecule has 0 aromatic carbocycles. The van der Waals surface area contributed by atoms with Crippen LogP contribution in [-0.4, -0.2) is 50.1 Å². The number of hydrogen-bond acceptors (Lipinski definition) is 6. The summed E-state index contributed by atoms with van der Waals surface area (Å²) in [5.41, 5.74) is 0.571. The molecule has 0 aliphatic rings. The number of carboxylic acids is 1. The molecule has 1 heterocycles. The van der Waals surface area contributed by atoms with E-state index in [1.54, 1.807) is 11.9 Å². The molecule has 108 valence electrons. The Bertz CT molecular complexity index is 551. The first-order valence-electron chi connectivity index (χ1n) is 5.86. The summed E-state index contributed by atoms with van der Waals surface area (Å²) in [7, 11) is -1.32. The van der Waals surface area contributed by atoms with Crippen LogP contribution >= 0.6 is 11.3 Å². The number of rotatable bonds is 7. The molecule has 0 spiro atoms. The maximum Gasteiger partial charge on any atom is 0.347 e. The number of thiazole rings is 1. The molecule has 6 nitrogen and oxygen atoms in total.